The number of nitrogens with zero attached hydrogens (tertiary/aromatic N) is 2. The van der Waals surface area contributed by atoms with Crippen molar-refractivity contribution in [3.05, 3.63) is 11.9 Å². The lowest BCUT2D eigenvalue weighted by molar-refractivity contribution is 0.544. The molecule has 0 unspecified atom stereocenters. The molecule has 0 radical (unpaired) electrons. The van der Waals surface area contributed by atoms with Gasteiger partial charge in [-0.15, -0.1) is 0 Å². The van der Waals surface area contributed by atoms with Crippen LogP contribution in [0.1, 0.15) is 39.7 Å². The molecule has 0 saturated heterocycles. The molecule has 1 heterocycles. The zero-order chi connectivity index (χ0) is 12.2. The van der Waals surface area contributed by atoms with Gasteiger partial charge in [-0.2, -0.15) is 0 Å². The third-order valence-corrected chi connectivity index (χ3v) is 2.77. The van der Waals surface area contributed by atoms with Crippen molar-refractivity contribution in [1.29, 1.82) is 0 Å². The summed E-state index contributed by atoms with van der Waals surface area (Å²) >= 11 is 0. The van der Waals surface area contributed by atoms with Crippen LogP contribution in [0, 0.1) is 6.92 Å². The highest BCUT2D eigenvalue weighted by atomic mass is 15.1. The monoisotopic (exact) mass is 222 g/mol. The van der Waals surface area contributed by atoms with E-state index in [1.807, 2.05) is 6.92 Å². The van der Waals surface area contributed by atoms with Crippen molar-refractivity contribution in [2.24, 2.45) is 0 Å². The van der Waals surface area contributed by atoms with E-state index < -0.39 is 0 Å². The van der Waals surface area contributed by atoms with Crippen molar-refractivity contribution in [1.82, 2.24) is 9.97 Å². The van der Waals surface area contributed by atoms with E-state index in [1.54, 1.807) is 6.33 Å². The summed E-state index contributed by atoms with van der Waals surface area (Å²) in [5, 5.41) is 6.67. The zero-order valence-corrected chi connectivity index (χ0v) is 10.9. The van der Waals surface area contributed by atoms with Gasteiger partial charge in [0.15, 0.2) is 0 Å². The van der Waals surface area contributed by atoms with Crippen LogP contribution < -0.4 is 10.6 Å². The average Bonchev–Trinajstić information content (AvgIpc) is 2.24. The van der Waals surface area contributed by atoms with E-state index in [9.17, 15) is 0 Å². The Morgan fingerprint density at radius 3 is 2.38 bits per heavy atom. The van der Waals surface area contributed by atoms with Crippen molar-refractivity contribution < 1.29 is 0 Å². The number of hydrogen-bond donors (Lipinski definition) is 2. The van der Waals surface area contributed by atoms with Gasteiger partial charge in [0.25, 0.3) is 0 Å². The molecular formula is C12H22N4. The van der Waals surface area contributed by atoms with Gasteiger partial charge in [-0.05, 0) is 34.1 Å². The topological polar surface area (TPSA) is 49.8 Å². The van der Waals surface area contributed by atoms with Crippen LogP contribution in [-0.2, 0) is 0 Å². The van der Waals surface area contributed by atoms with Gasteiger partial charge < -0.3 is 10.6 Å². The molecule has 4 heteroatoms. The lowest BCUT2D eigenvalue weighted by atomic mass is 10.0. The maximum atomic E-state index is 4.29. The number of nitrogens with one attached hydrogen (secondary N) is 2. The first-order valence-corrected chi connectivity index (χ1v) is 5.83. The first-order valence-electron chi connectivity index (χ1n) is 5.83. The summed E-state index contributed by atoms with van der Waals surface area (Å²) in [4.78, 5) is 8.51. The second-order valence-corrected chi connectivity index (χ2v) is 4.59. The van der Waals surface area contributed by atoms with E-state index in [1.165, 1.54) is 0 Å². The molecule has 1 rings (SSSR count). The first kappa shape index (κ1) is 12.7. The van der Waals surface area contributed by atoms with E-state index >= 15 is 0 Å². The minimum atomic E-state index is 0.0581. The number of rotatable bonds is 5. The molecule has 90 valence electrons. The van der Waals surface area contributed by atoms with Crippen molar-refractivity contribution in [3.63, 3.8) is 0 Å². The third kappa shape index (κ3) is 3.08. The van der Waals surface area contributed by atoms with Gasteiger partial charge in [0, 0.05) is 17.6 Å². The van der Waals surface area contributed by atoms with Crippen molar-refractivity contribution >= 4 is 11.6 Å². The average molecular weight is 222 g/mol. The Bertz CT molecular complexity index is 347. The largest absolute Gasteiger partial charge is 0.370 e. The highest BCUT2D eigenvalue weighted by Crippen LogP contribution is 2.22. The Hall–Kier alpha value is -1.32. The molecular weight excluding hydrogens is 200 g/mol. The highest BCUT2D eigenvalue weighted by molar-refractivity contribution is 5.57. The summed E-state index contributed by atoms with van der Waals surface area (Å²) in [6, 6.07) is 0. The van der Waals surface area contributed by atoms with Crippen LogP contribution in [0.3, 0.4) is 0 Å². The van der Waals surface area contributed by atoms with Crippen LogP contribution in [0.2, 0.25) is 0 Å². The summed E-state index contributed by atoms with van der Waals surface area (Å²) in [7, 11) is 0. The molecule has 0 aromatic carbocycles. The van der Waals surface area contributed by atoms with Crippen LogP contribution in [0.5, 0.6) is 0 Å². The van der Waals surface area contributed by atoms with E-state index in [2.05, 4.69) is 48.3 Å². The van der Waals surface area contributed by atoms with Crippen LogP contribution >= 0.6 is 0 Å². The highest BCUT2D eigenvalue weighted by Gasteiger charge is 2.17. The van der Waals surface area contributed by atoms with Gasteiger partial charge in [0.05, 0.1) is 0 Å². The molecule has 0 spiro atoms. The molecule has 0 saturated carbocycles. The molecule has 0 aliphatic carbocycles. The van der Waals surface area contributed by atoms with E-state index in [0.717, 1.165) is 30.2 Å². The minimum absolute atomic E-state index is 0.0581. The summed E-state index contributed by atoms with van der Waals surface area (Å²) in [5.41, 5.74) is 1.13. The molecule has 1 aromatic heterocycles. The fraction of sp³-hybridized carbons (Fsp3) is 0.667. The zero-order valence-electron chi connectivity index (χ0n) is 10.9. The van der Waals surface area contributed by atoms with E-state index in [0.29, 0.717) is 0 Å². The smallest absolute Gasteiger partial charge is 0.134 e. The Kier molecular flexibility index (Phi) is 4.10. The van der Waals surface area contributed by atoms with E-state index in [4.69, 9.17) is 0 Å². The van der Waals surface area contributed by atoms with Gasteiger partial charge in [-0.25, -0.2) is 9.97 Å². The Morgan fingerprint density at radius 2 is 1.81 bits per heavy atom. The van der Waals surface area contributed by atoms with Crippen LogP contribution in [-0.4, -0.2) is 22.1 Å². The SMILES string of the molecule is CCNc1ncnc(NC(C)(C)CC)c1C. The maximum absolute atomic E-state index is 4.29. The molecule has 0 amide bonds. The predicted molar refractivity (Wildman–Crippen MR) is 68.9 cm³/mol. The van der Waals surface area contributed by atoms with Crippen LogP contribution in [0.25, 0.3) is 0 Å². The maximum Gasteiger partial charge on any atom is 0.134 e. The molecule has 2 N–H and O–H groups in total. The molecule has 0 atom stereocenters. The third-order valence-electron chi connectivity index (χ3n) is 2.77. The summed E-state index contributed by atoms with van der Waals surface area (Å²) in [5.74, 6) is 1.82. The van der Waals surface area contributed by atoms with E-state index in [-0.39, 0.29) is 5.54 Å². The molecule has 16 heavy (non-hydrogen) atoms. The first-order chi connectivity index (χ1) is 7.50. The second-order valence-electron chi connectivity index (χ2n) is 4.59. The molecule has 1 aromatic rings. The predicted octanol–water partition coefficient (Wildman–Crippen LogP) is 2.82. The van der Waals surface area contributed by atoms with Gasteiger partial charge in [0.1, 0.15) is 18.0 Å². The Balaban J connectivity index is 2.93. The lowest BCUT2D eigenvalue weighted by Crippen LogP contribution is -2.30. The quantitative estimate of drug-likeness (QED) is 0.804. The Morgan fingerprint density at radius 1 is 1.19 bits per heavy atom. The Labute approximate surface area is 97.9 Å². The number of aromatic nitrogens is 2. The van der Waals surface area contributed by atoms with Gasteiger partial charge >= 0.3 is 0 Å². The molecule has 0 aliphatic heterocycles. The van der Waals surface area contributed by atoms with Gasteiger partial charge in [-0.3, -0.25) is 0 Å². The van der Waals surface area contributed by atoms with Crippen molar-refractivity contribution in [3.8, 4) is 0 Å². The minimum Gasteiger partial charge on any atom is -0.370 e. The lowest BCUT2D eigenvalue weighted by Gasteiger charge is -2.26. The summed E-state index contributed by atoms with van der Waals surface area (Å²) < 4.78 is 0. The molecule has 0 aliphatic rings. The van der Waals surface area contributed by atoms with Crippen molar-refractivity contribution in [2.45, 2.75) is 46.6 Å². The summed E-state index contributed by atoms with van der Waals surface area (Å²) in [6.45, 7) is 11.5. The molecule has 0 fully saturated rings. The van der Waals surface area contributed by atoms with Crippen LogP contribution in [0.15, 0.2) is 6.33 Å². The van der Waals surface area contributed by atoms with Crippen molar-refractivity contribution in [2.75, 3.05) is 17.2 Å². The van der Waals surface area contributed by atoms with Gasteiger partial charge in [-0.1, -0.05) is 6.92 Å². The standard InChI is InChI=1S/C12H22N4/c1-6-12(4,5)16-11-9(3)10(13-7-2)14-8-15-11/h8H,6-7H2,1-5H3,(H2,13,14,15,16). The summed E-state index contributed by atoms with van der Waals surface area (Å²) in [6.07, 6.45) is 2.64. The fourth-order valence-electron chi connectivity index (χ4n) is 1.33. The fourth-order valence-corrected chi connectivity index (χ4v) is 1.33. The number of anilines is 2. The molecule has 4 nitrogen and oxygen atoms in total. The second kappa shape index (κ2) is 5.14. The number of hydrogen-bond acceptors (Lipinski definition) is 4. The van der Waals surface area contributed by atoms with Crippen LogP contribution in [0.4, 0.5) is 11.6 Å². The van der Waals surface area contributed by atoms with Gasteiger partial charge in [0.2, 0.25) is 0 Å². The normalized spacial score (nSPS) is 11.3. The molecule has 0 bridgehead atoms.